The van der Waals surface area contributed by atoms with Gasteiger partial charge in [0.05, 0.1) is 6.61 Å². The number of nitrogens with one attached hydrogen (secondary N) is 1. The Labute approximate surface area is 161 Å². The normalized spacial score (nSPS) is 16.8. The highest BCUT2D eigenvalue weighted by molar-refractivity contribution is 5.67. The summed E-state index contributed by atoms with van der Waals surface area (Å²) in [5.41, 5.74) is 1.99. The van der Waals surface area contributed by atoms with E-state index in [-0.39, 0.29) is 12.3 Å². The molecule has 6 heteroatoms. The van der Waals surface area contributed by atoms with E-state index in [4.69, 9.17) is 14.6 Å². The van der Waals surface area contributed by atoms with Crippen LogP contribution in [0.5, 0.6) is 5.75 Å². The van der Waals surface area contributed by atoms with Gasteiger partial charge in [-0.2, -0.15) is 0 Å². The topological polar surface area (TPSA) is 84.9 Å². The molecule has 0 spiro atoms. The Morgan fingerprint density at radius 3 is 2.74 bits per heavy atom. The first-order chi connectivity index (χ1) is 12.7. The third kappa shape index (κ3) is 7.89. The van der Waals surface area contributed by atoms with Crippen molar-refractivity contribution in [1.82, 2.24) is 5.32 Å². The summed E-state index contributed by atoms with van der Waals surface area (Å²) in [6.07, 6.45) is 4.25. The van der Waals surface area contributed by atoms with Crippen molar-refractivity contribution >= 4 is 12.1 Å². The van der Waals surface area contributed by atoms with Gasteiger partial charge in [-0.1, -0.05) is 6.07 Å². The number of amides is 1. The zero-order chi connectivity index (χ0) is 19.9. The van der Waals surface area contributed by atoms with Gasteiger partial charge in [-0.25, -0.2) is 4.79 Å². The van der Waals surface area contributed by atoms with Gasteiger partial charge in [-0.05, 0) is 82.1 Å². The average Bonchev–Trinajstić information content (AvgIpc) is 2.73. The second-order valence-electron chi connectivity index (χ2n) is 8.12. The fraction of sp³-hybridized carbons (Fsp3) is 0.619. The minimum atomic E-state index is -0.728. The summed E-state index contributed by atoms with van der Waals surface area (Å²) >= 11 is 0. The lowest BCUT2D eigenvalue weighted by Gasteiger charge is -2.19. The molecule has 1 unspecified atom stereocenters. The van der Waals surface area contributed by atoms with E-state index in [1.807, 2.05) is 32.9 Å². The number of carbonyl (C=O) groups excluding carboxylic acids is 1. The SMILES string of the molecule is CC(C)(C)OC(=O)NCCCOc1ccc2c(c1)CC(CC(=O)O)CCC2. The molecule has 150 valence electrons. The molecule has 1 aliphatic carbocycles. The summed E-state index contributed by atoms with van der Waals surface area (Å²) in [7, 11) is 0. The minimum Gasteiger partial charge on any atom is -0.494 e. The smallest absolute Gasteiger partial charge is 0.407 e. The second-order valence-corrected chi connectivity index (χ2v) is 8.12. The predicted molar refractivity (Wildman–Crippen MR) is 103 cm³/mol. The Kier molecular flexibility index (Phi) is 7.51. The van der Waals surface area contributed by atoms with Gasteiger partial charge in [0.25, 0.3) is 0 Å². The van der Waals surface area contributed by atoms with Gasteiger partial charge in [0, 0.05) is 13.0 Å². The highest BCUT2D eigenvalue weighted by Crippen LogP contribution is 2.29. The summed E-state index contributed by atoms with van der Waals surface area (Å²) < 4.78 is 11.0. The molecular weight excluding hydrogens is 346 g/mol. The standard InChI is InChI=1S/C21H31NO5/c1-21(2,3)27-20(25)22-10-5-11-26-18-9-8-16-7-4-6-15(13-19(23)24)12-17(16)14-18/h8-9,14-15H,4-7,10-13H2,1-3H3,(H,22,25)(H,23,24). The molecular formula is C21H31NO5. The van der Waals surface area contributed by atoms with E-state index < -0.39 is 17.7 Å². The summed E-state index contributed by atoms with van der Waals surface area (Å²) in [5, 5.41) is 11.8. The van der Waals surface area contributed by atoms with Crippen molar-refractivity contribution < 1.29 is 24.2 Å². The lowest BCUT2D eigenvalue weighted by Crippen LogP contribution is -2.33. The van der Waals surface area contributed by atoms with Crippen LogP contribution in [0, 0.1) is 5.92 Å². The molecule has 0 heterocycles. The summed E-state index contributed by atoms with van der Waals surface area (Å²) in [6, 6.07) is 6.10. The van der Waals surface area contributed by atoms with Gasteiger partial charge in [0.1, 0.15) is 11.4 Å². The van der Waals surface area contributed by atoms with Crippen LogP contribution >= 0.6 is 0 Å². The third-order valence-corrected chi connectivity index (χ3v) is 4.47. The third-order valence-electron chi connectivity index (χ3n) is 4.47. The molecule has 0 bridgehead atoms. The van der Waals surface area contributed by atoms with Crippen molar-refractivity contribution in [3.05, 3.63) is 29.3 Å². The first-order valence-electron chi connectivity index (χ1n) is 9.66. The van der Waals surface area contributed by atoms with E-state index in [0.717, 1.165) is 31.4 Å². The van der Waals surface area contributed by atoms with E-state index in [0.29, 0.717) is 19.6 Å². The molecule has 1 atom stereocenters. The molecule has 27 heavy (non-hydrogen) atoms. The molecule has 1 amide bonds. The molecule has 0 aliphatic heterocycles. The Morgan fingerprint density at radius 2 is 2.04 bits per heavy atom. The van der Waals surface area contributed by atoms with E-state index >= 15 is 0 Å². The second kappa shape index (κ2) is 9.62. The number of benzene rings is 1. The maximum absolute atomic E-state index is 11.6. The number of rotatable bonds is 7. The van der Waals surface area contributed by atoms with Gasteiger partial charge in [-0.15, -0.1) is 0 Å². The average molecular weight is 377 g/mol. The van der Waals surface area contributed by atoms with E-state index in [1.165, 1.54) is 11.1 Å². The highest BCUT2D eigenvalue weighted by Gasteiger charge is 2.20. The van der Waals surface area contributed by atoms with Gasteiger partial charge in [0.2, 0.25) is 0 Å². The highest BCUT2D eigenvalue weighted by atomic mass is 16.6. The Hall–Kier alpha value is -2.24. The first-order valence-corrected chi connectivity index (χ1v) is 9.66. The molecule has 0 radical (unpaired) electrons. The van der Waals surface area contributed by atoms with Crippen LogP contribution in [-0.2, 0) is 22.4 Å². The number of ether oxygens (including phenoxy) is 2. The predicted octanol–water partition coefficient (Wildman–Crippen LogP) is 3.95. The lowest BCUT2D eigenvalue weighted by atomic mass is 9.94. The number of carbonyl (C=O) groups is 2. The Balaban J connectivity index is 1.79. The van der Waals surface area contributed by atoms with Crippen molar-refractivity contribution in [3.63, 3.8) is 0 Å². The van der Waals surface area contributed by atoms with Gasteiger partial charge >= 0.3 is 12.1 Å². The van der Waals surface area contributed by atoms with Crippen molar-refractivity contribution in [2.24, 2.45) is 5.92 Å². The van der Waals surface area contributed by atoms with Crippen molar-refractivity contribution in [2.75, 3.05) is 13.2 Å². The summed E-state index contributed by atoms with van der Waals surface area (Å²) in [4.78, 5) is 22.6. The monoisotopic (exact) mass is 377 g/mol. The van der Waals surface area contributed by atoms with Crippen LogP contribution in [0.4, 0.5) is 4.79 Å². The number of fused-ring (bicyclic) bond motifs is 1. The maximum atomic E-state index is 11.6. The Morgan fingerprint density at radius 1 is 1.26 bits per heavy atom. The molecule has 1 aliphatic rings. The van der Waals surface area contributed by atoms with E-state index in [1.54, 1.807) is 0 Å². The van der Waals surface area contributed by atoms with Crippen molar-refractivity contribution in [3.8, 4) is 5.75 Å². The van der Waals surface area contributed by atoms with Crippen LogP contribution in [0.2, 0.25) is 0 Å². The first kappa shape index (κ1) is 21.1. The summed E-state index contributed by atoms with van der Waals surface area (Å²) in [5.74, 6) is 0.257. The van der Waals surface area contributed by atoms with Gasteiger partial charge < -0.3 is 19.9 Å². The molecule has 0 fully saturated rings. The number of alkyl carbamates (subject to hydrolysis) is 1. The van der Waals surface area contributed by atoms with Crippen LogP contribution in [0.15, 0.2) is 18.2 Å². The quantitative estimate of drug-likeness (QED) is 0.555. The maximum Gasteiger partial charge on any atom is 0.407 e. The number of hydrogen-bond acceptors (Lipinski definition) is 4. The van der Waals surface area contributed by atoms with E-state index in [2.05, 4.69) is 11.4 Å². The molecule has 2 N–H and O–H groups in total. The molecule has 0 aromatic heterocycles. The molecule has 2 rings (SSSR count). The van der Waals surface area contributed by atoms with E-state index in [9.17, 15) is 9.59 Å². The summed E-state index contributed by atoms with van der Waals surface area (Å²) in [6.45, 7) is 6.47. The number of carboxylic acid groups (broad SMARTS) is 1. The fourth-order valence-electron chi connectivity index (χ4n) is 3.31. The Bertz CT molecular complexity index is 650. The zero-order valence-corrected chi connectivity index (χ0v) is 16.5. The van der Waals surface area contributed by atoms with Crippen LogP contribution in [0.25, 0.3) is 0 Å². The van der Waals surface area contributed by atoms with Crippen LogP contribution in [0.3, 0.4) is 0 Å². The van der Waals surface area contributed by atoms with Gasteiger partial charge in [0.15, 0.2) is 0 Å². The minimum absolute atomic E-state index is 0.192. The molecule has 0 saturated carbocycles. The van der Waals surface area contributed by atoms with Crippen molar-refractivity contribution in [1.29, 1.82) is 0 Å². The van der Waals surface area contributed by atoms with Crippen LogP contribution in [0.1, 0.15) is 57.6 Å². The van der Waals surface area contributed by atoms with Crippen LogP contribution < -0.4 is 10.1 Å². The number of aryl methyl sites for hydroxylation is 1. The van der Waals surface area contributed by atoms with Crippen molar-refractivity contribution in [2.45, 2.75) is 64.9 Å². The zero-order valence-electron chi connectivity index (χ0n) is 16.5. The number of aliphatic carboxylic acids is 1. The molecule has 0 saturated heterocycles. The molecule has 6 nitrogen and oxygen atoms in total. The lowest BCUT2D eigenvalue weighted by molar-refractivity contribution is -0.138. The molecule has 1 aromatic rings. The number of carboxylic acids is 1. The largest absolute Gasteiger partial charge is 0.494 e. The molecule has 1 aromatic carbocycles. The number of hydrogen-bond donors (Lipinski definition) is 2. The van der Waals surface area contributed by atoms with Crippen LogP contribution in [-0.4, -0.2) is 35.9 Å². The van der Waals surface area contributed by atoms with Gasteiger partial charge in [-0.3, -0.25) is 4.79 Å². The fourth-order valence-corrected chi connectivity index (χ4v) is 3.31.